The van der Waals surface area contributed by atoms with Gasteiger partial charge < -0.3 is 20.1 Å². The third-order valence-corrected chi connectivity index (χ3v) is 4.73. The summed E-state index contributed by atoms with van der Waals surface area (Å²) in [6.45, 7) is 0. The van der Waals surface area contributed by atoms with E-state index in [-0.39, 0.29) is 28.2 Å². The van der Waals surface area contributed by atoms with Gasteiger partial charge in [-0.25, -0.2) is 14.4 Å². The Hall–Kier alpha value is -4.39. The molecule has 4 rings (SSSR count). The van der Waals surface area contributed by atoms with Gasteiger partial charge in [0.05, 0.1) is 5.56 Å². The van der Waals surface area contributed by atoms with Crippen molar-refractivity contribution in [3.8, 4) is 11.5 Å². The lowest BCUT2D eigenvalue weighted by Gasteiger charge is -2.12. The molecule has 7 nitrogen and oxygen atoms in total. The van der Waals surface area contributed by atoms with Crippen molar-refractivity contribution < 1.29 is 34.4 Å². The number of esters is 1. The second-order valence-electron chi connectivity index (χ2n) is 6.59. The average molecular weight is 402 g/mol. The van der Waals surface area contributed by atoms with E-state index in [1.54, 1.807) is 30.3 Å². The second-order valence-corrected chi connectivity index (χ2v) is 6.59. The standard InChI is InChI=1S/C23H14O7/c24-18-8-7-12-3-1-2-4-16(12)20(18)23(29)30-19-11-13-5-6-14(21(25)26)9-15(13)10-17(19)22(27)28/h1-11,24H,(H,25,26)(H,27,28). The van der Waals surface area contributed by atoms with Crippen LogP contribution in [-0.2, 0) is 0 Å². The van der Waals surface area contributed by atoms with Crippen molar-refractivity contribution in [3.63, 3.8) is 0 Å². The molecule has 0 aliphatic rings. The Morgan fingerprint density at radius 3 is 2.20 bits per heavy atom. The zero-order valence-electron chi connectivity index (χ0n) is 15.3. The summed E-state index contributed by atoms with van der Waals surface area (Å²) in [5, 5.41) is 30.9. The van der Waals surface area contributed by atoms with Gasteiger partial charge in [-0.05, 0) is 51.9 Å². The molecule has 0 aliphatic carbocycles. The van der Waals surface area contributed by atoms with Gasteiger partial charge in [0.2, 0.25) is 0 Å². The Labute approximate surface area is 169 Å². The predicted molar refractivity (Wildman–Crippen MR) is 108 cm³/mol. The first-order valence-electron chi connectivity index (χ1n) is 8.82. The molecule has 30 heavy (non-hydrogen) atoms. The van der Waals surface area contributed by atoms with E-state index < -0.39 is 17.9 Å². The molecule has 0 saturated carbocycles. The number of ether oxygens (including phenoxy) is 1. The third kappa shape index (κ3) is 3.29. The molecule has 4 aromatic carbocycles. The van der Waals surface area contributed by atoms with Crippen LogP contribution in [0.15, 0.2) is 66.7 Å². The Morgan fingerprint density at radius 1 is 0.733 bits per heavy atom. The molecule has 0 heterocycles. The molecule has 0 aliphatic heterocycles. The number of carboxylic acid groups (broad SMARTS) is 2. The summed E-state index contributed by atoms with van der Waals surface area (Å²) in [6, 6.07) is 16.7. The van der Waals surface area contributed by atoms with Gasteiger partial charge in [-0.1, -0.05) is 36.4 Å². The number of benzene rings is 4. The van der Waals surface area contributed by atoms with Crippen LogP contribution in [0.25, 0.3) is 21.5 Å². The summed E-state index contributed by atoms with van der Waals surface area (Å²) >= 11 is 0. The van der Waals surface area contributed by atoms with Crippen molar-refractivity contribution in [2.24, 2.45) is 0 Å². The molecule has 0 aromatic heterocycles. The van der Waals surface area contributed by atoms with Crippen LogP contribution in [0.1, 0.15) is 31.1 Å². The van der Waals surface area contributed by atoms with Crippen LogP contribution < -0.4 is 4.74 Å². The van der Waals surface area contributed by atoms with E-state index >= 15 is 0 Å². The normalized spacial score (nSPS) is 10.8. The average Bonchev–Trinajstić information content (AvgIpc) is 2.72. The van der Waals surface area contributed by atoms with Crippen molar-refractivity contribution >= 4 is 39.5 Å². The van der Waals surface area contributed by atoms with E-state index in [2.05, 4.69) is 0 Å². The number of fused-ring (bicyclic) bond motifs is 2. The van der Waals surface area contributed by atoms with Gasteiger partial charge in [0.15, 0.2) is 0 Å². The molecule has 0 bridgehead atoms. The molecule has 3 N–H and O–H groups in total. The Kier molecular flexibility index (Phi) is 4.56. The number of aromatic hydroxyl groups is 1. The fraction of sp³-hybridized carbons (Fsp3) is 0. The highest BCUT2D eigenvalue weighted by Crippen LogP contribution is 2.31. The Balaban J connectivity index is 1.82. The highest BCUT2D eigenvalue weighted by Gasteiger charge is 2.21. The van der Waals surface area contributed by atoms with Crippen LogP contribution in [0.2, 0.25) is 0 Å². The Morgan fingerprint density at radius 2 is 1.47 bits per heavy atom. The van der Waals surface area contributed by atoms with Gasteiger partial charge in [-0.3, -0.25) is 0 Å². The van der Waals surface area contributed by atoms with Gasteiger partial charge in [-0.2, -0.15) is 0 Å². The van der Waals surface area contributed by atoms with Crippen LogP contribution in [0.5, 0.6) is 11.5 Å². The number of phenols is 1. The van der Waals surface area contributed by atoms with E-state index in [0.29, 0.717) is 21.5 Å². The van der Waals surface area contributed by atoms with E-state index in [4.69, 9.17) is 9.84 Å². The highest BCUT2D eigenvalue weighted by molar-refractivity contribution is 6.09. The monoisotopic (exact) mass is 402 g/mol. The van der Waals surface area contributed by atoms with E-state index in [1.165, 1.54) is 36.4 Å². The molecule has 0 fully saturated rings. The number of hydrogen-bond acceptors (Lipinski definition) is 5. The summed E-state index contributed by atoms with van der Waals surface area (Å²) < 4.78 is 5.37. The van der Waals surface area contributed by atoms with Gasteiger partial charge in [0.1, 0.15) is 22.6 Å². The van der Waals surface area contributed by atoms with Crippen molar-refractivity contribution in [1.82, 2.24) is 0 Å². The molecule has 0 spiro atoms. The van der Waals surface area contributed by atoms with Gasteiger partial charge >= 0.3 is 17.9 Å². The van der Waals surface area contributed by atoms with Crippen LogP contribution in [0, 0.1) is 0 Å². The molecule has 0 unspecified atom stereocenters. The number of phenolic OH excluding ortho intramolecular Hbond substituents is 1. The summed E-state index contributed by atoms with van der Waals surface area (Å²) in [7, 11) is 0. The molecular weight excluding hydrogens is 388 g/mol. The van der Waals surface area contributed by atoms with Crippen molar-refractivity contribution in [2.45, 2.75) is 0 Å². The van der Waals surface area contributed by atoms with E-state index in [0.717, 1.165) is 0 Å². The maximum absolute atomic E-state index is 12.9. The lowest BCUT2D eigenvalue weighted by Crippen LogP contribution is -2.12. The Bertz CT molecular complexity index is 1350. The van der Waals surface area contributed by atoms with Crippen molar-refractivity contribution in [2.75, 3.05) is 0 Å². The maximum atomic E-state index is 12.9. The van der Waals surface area contributed by atoms with E-state index in [1.807, 2.05) is 0 Å². The zero-order chi connectivity index (χ0) is 21.4. The first kappa shape index (κ1) is 18.9. The maximum Gasteiger partial charge on any atom is 0.347 e. The molecule has 7 heteroatoms. The molecule has 4 aromatic rings. The number of carbonyl (C=O) groups is 3. The summed E-state index contributed by atoms with van der Waals surface area (Å²) in [5.74, 6) is -3.90. The SMILES string of the molecule is O=C(O)c1ccc2cc(OC(=O)c3c(O)ccc4ccccc34)c(C(=O)O)cc2c1. The lowest BCUT2D eigenvalue weighted by atomic mass is 10.0. The minimum absolute atomic E-state index is 0.00395. The first-order valence-corrected chi connectivity index (χ1v) is 8.82. The molecule has 0 amide bonds. The summed E-state index contributed by atoms with van der Waals surface area (Å²) in [4.78, 5) is 35.7. The number of aromatic carboxylic acids is 2. The minimum atomic E-state index is -1.34. The molecule has 0 radical (unpaired) electrons. The highest BCUT2D eigenvalue weighted by atomic mass is 16.5. The smallest absolute Gasteiger partial charge is 0.347 e. The fourth-order valence-electron chi connectivity index (χ4n) is 3.29. The number of rotatable bonds is 4. The summed E-state index contributed by atoms with van der Waals surface area (Å²) in [6.07, 6.45) is 0. The third-order valence-electron chi connectivity index (χ3n) is 4.73. The van der Waals surface area contributed by atoms with Gasteiger partial charge in [0.25, 0.3) is 0 Å². The topological polar surface area (TPSA) is 121 Å². The van der Waals surface area contributed by atoms with Crippen molar-refractivity contribution in [3.05, 3.63) is 83.4 Å². The molecular formula is C23H14O7. The number of hydrogen-bond donors (Lipinski definition) is 3. The van der Waals surface area contributed by atoms with Crippen LogP contribution >= 0.6 is 0 Å². The van der Waals surface area contributed by atoms with E-state index in [9.17, 15) is 24.6 Å². The van der Waals surface area contributed by atoms with Gasteiger partial charge in [0, 0.05) is 0 Å². The van der Waals surface area contributed by atoms with Gasteiger partial charge in [-0.15, -0.1) is 0 Å². The zero-order valence-corrected chi connectivity index (χ0v) is 15.3. The molecule has 148 valence electrons. The lowest BCUT2D eigenvalue weighted by molar-refractivity contribution is 0.0673. The largest absolute Gasteiger partial charge is 0.507 e. The fourth-order valence-corrected chi connectivity index (χ4v) is 3.29. The quantitative estimate of drug-likeness (QED) is 0.343. The molecule has 0 atom stereocenters. The van der Waals surface area contributed by atoms with Crippen LogP contribution in [0.4, 0.5) is 0 Å². The first-order chi connectivity index (χ1) is 14.3. The summed E-state index contributed by atoms with van der Waals surface area (Å²) in [5.41, 5.74) is -0.381. The van der Waals surface area contributed by atoms with Crippen molar-refractivity contribution in [1.29, 1.82) is 0 Å². The second kappa shape index (κ2) is 7.21. The predicted octanol–water partition coefficient (Wildman–Crippen LogP) is 4.31. The van der Waals surface area contributed by atoms with Crippen LogP contribution in [-0.4, -0.2) is 33.2 Å². The van der Waals surface area contributed by atoms with Crippen LogP contribution in [0.3, 0.4) is 0 Å². The number of carboxylic acids is 2. The number of carbonyl (C=O) groups excluding carboxylic acids is 1. The minimum Gasteiger partial charge on any atom is -0.507 e. The molecule has 0 saturated heterocycles.